The van der Waals surface area contributed by atoms with E-state index in [2.05, 4.69) is 48.2 Å². The number of carbonyl (C=O) groups excluding carboxylic acids is 1. The first-order valence-electron chi connectivity index (χ1n) is 9.28. The van der Waals surface area contributed by atoms with Crippen LogP contribution in [0.25, 0.3) is 0 Å². The fraction of sp³-hybridized carbons (Fsp3) is 0.889. The zero-order chi connectivity index (χ0) is 17.2. The van der Waals surface area contributed by atoms with E-state index in [1.165, 1.54) is 12.8 Å². The Balaban J connectivity index is 2.46. The monoisotopic (exact) mass is 324 g/mol. The van der Waals surface area contributed by atoms with Gasteiger partial charge < -0.3 is 15.5 Å². The lowest BCUT2D eigenvalue weighted by atomic mass is 9.97. The minimum absolute atomic E-state index is 0.0954. The molecule has 0 radical (unpaired) electrons. The molecule has 2 N–H and O–H groups in total. The van der Waals surface area contributed by atoms with Crippen LogP contribution < -0.4 is 10.6 Å². The first kappa shape index (κ1) is 19.8. The average molecular weight is 325 g/mol. The van der Waals surface area contributed by atoms with Gasteiger partial charge in [0, 0.05) is 32.1 Å². The molecular formula is C18H36N4O. The van der Waals surface area contributed by atoms with Crippen LogP contribution in [0, 0.1) is 11.8 Å². The van der Waals surface area contributed by atoms with Crippen molar-refractivity contribution in [3.63, 3.8) is 0 Å². The number of guanidine groups is 1. The third kappa shape index (κ3) is 7.71. The highest BCUT2D eigenvalue weighted by atomic mass is 16.1. The fourth-order valence-electron chi connectivity index (χ4n) is 3.02. The summed E-state index contributed by atoms with van der Waals surface area (Å²) in [5.74, 6) is 2.59. The molecule has 1 amide bonds. The molecule has 5 nitrogen and oxygen atoms in total. The molecule has 2 unspecified atom stereocenters. The first-order chi connectivity index (χ1) is 11.0. The quantitative estimate of drug-likeness (QED) is 0.533. The summed E-state index contributed by atoms with van der Waals surface area (Å²) in [6.07, 6.45) is 3.95. The summed E-state index contributed by atoms with van der Waals surface area (Å²) in [7, 11) is 0. The maximum atomic E-state index is 11.8. The van der Waals surface area contributed by atoms with Crippen LogP contribution in [0.1, 0.15) is 60.3 Å². The molecule has 1 heterocycles. The summed E-state index contributed by atoms with van der Waals surface area (Å²) in [6, 6.07) is 0.245. The van der Waals surface area contributed by atoms with E-state index < -0.39 is 0 Å². The molecule has 1 saturated heterocycles. The van der Waals surface area contributed by atoms with Gasteiger partial charge in [0.25, 0.3) is 0 Å². The van der Waals surface area contributed by atoms with E-state index in [0.717, 1.165) is 43.9 Å². The maximum Gasteiger partial charge on any atom is 0.222 e. The van der Waals surface area contributed by atoms with Crippen molar-refractivity contribution in [1.82, 2.24) is 15.5 Å². The highest BCUT2D eigenvalue weighted by Gasteiger charge is 2.25. The minimum atomic E-state index is 0.0954. The molecule has 0 aromatic rings. The van der Waals surface area contributed by atoms with Gasteiger partial charge in [-0.25, -0.2) is 0 Å². The number of hydrogen-bond donors (Lipinski definition) is 2. The van der Waals surface area contributed by atoms with Crippen LogP contribution in [0.3, 0.4) is 0 Å². The van der Waals surface area contributed by atoms with Gasteiger partial charge in [-0.3, -0.25) is 9.79 Å². The van der Waals surface area contributed by atoms with Gasteiger partial charge in [-0.1, -0.05) is 20.8 Å². The van der Waals surface area contributed by atoms with E-state index in [1.807, 2.05) is 6.92 Å². The number of nitrogens with zero attached hydrogens (tertiary/aromatic N) is 2. The van der Waals surface area contributed by atoms with Crippen molar-refractivity contribution in [1.29, 1.82) is 0 Å². The van der Waals surface area contributed by atoms with Crippen LogP contribution in [-0.4, -0.2) is 49.0 Å². The van der Waals surface area contributed by atoms with E-state index in [4.69, 9.17) is 0 Å². The number of aliphatic imine (C=N–C) groups is 1. The summed E-state index contributed by atoms with van der Waals surface area (Å²) >= 11 is 0. The second kappa shape index (κ2) is 10.5. The second-order valence-corrected chi connectivity index (χ2v) is 7.09. The lowest BCUT2D eigenvalue weighted by Crippen LogP contribution is -2.40. The molecule has 2 atom stereocenters. The summed E-state index contributed by atoms with van der Waals surface area (Å²) in [6.45, 7) is 14.4. The number of hydrogen-bond acceptors (Lipinski definition) is 2. The molecular weight excluding hydrogens is 288 g/mol. The van der Waals surface area contributed by atoms with Crippen LogP contribution in [0.5, 0.6) is 0 Å². The van der Waals surface area contributed by atoms with E-state index in [1.54, 1.807) is 0 Å². The molecule has 0 aromatic heterocycles. The zero-order valence-corrected chi connectivity index (χ0v) is 15.7. The molecule has 5 heteroatoms. The third-order valence-corrected chi connectivity index (χ3v) is 4.35. The molecule has 1 rings (SSSR count). The molecule has 23 heavy (non-hydrogen) atoms. The summed E-state index contributed by atoms with van der Waals surface area (Å²) < 4.78 is 0. The first-order valence-corrected chi connectivity index (χ1v) is 9.28. The van der Waals surface area contributed by atoms with Crippen LogP contribution in [0.15, 0.2) is 4.99 Å². The van der Waals surface area contributed by atoms with Gasteiger partial charge in [0.15, 0.2) is 5.96 Å². The van der Waals surface area contributed by atoms with Crippen LogP contribution in [-0.2, 0) is 4.79 Å². The Kier molecular flexibility index (Phi) is 9.03. The number of nitrogens with one attached hydrogen (secondary N) is 2. The highest BCUT2D eigenvalue weighted by molar-refractivity contribution is 5.81. The number of likely N-dealkylation sites (tertiary alicyclic amines) is 1. The van der Waals surface area contributed by atoms with Crippen molar-refractivity contribution < 1.29 is 4.79 Å². The van der Waals surface area contributed by atoms with E-state index in [0.29, 0.717) is 13.0 Å². The summed E-state index contributed by atoms with van der Waals surface area (Å²) in [5.41, 5.74) is 0. The van der Waals surface area contributed by atoms with Gasteiger partial charge in [-0.05, 0) is 44.9 Å². The largest absolute Gasteiger partial charge is 0.357 e. The molecule has 1 aliphatic rings. The Labute approximate surface area is 142 Å². The Hall–Kier alpha value is -1.26. The Morgan fingerprint density at radius 2 is 2.04 bits per heavy atom. The fourth-order valence-corrected chi connectivity index (χ4v) is 3.02. The van der Waals surface area contributed by atoms with Crippen molar-refractivity contribution in [2.75, 3.05) is 26.2 Å². The molecule has 134 valence electrons. The van der Waals surface area contributed by atoms with Gasteiger partial charge in [0.2, 0.25) is 5.91 Å². The van der Waals surface area contributed by atoms with E-state index in [9.17, 15) is 4.79 Å². The van der Waals surface area contributed by atoms with Crippen molar-refractivity contribution in [2.24, 2.45) is 16.8 Å². The minimum Gasteiger partial charge on any atom is -0.357 e. The Morgan fingerprint density at radius 3 is 2.65 bits per heavy atom. The van der Waals surface area contributed by atoms with Gasteiger partial charge in [0.05, 0.1) is 6.54 Å². The molecule has 1 fully saturated rings. The predicted molar refractivity (Wildman–Crippen MR) is 97.6 cm³/mol. The SMILES string of the molecule is CCNC(=NCCC(=O)NC(C)CC)N1CCC(CC(C)C)C1. The zero-order valence-electron chi connectivity index (χ0n) is 15.7. The molecule has 0 aromatic carbocycles. The van der Waals surface area contributed by atoms with E-state index >= 15 is 0 Å². The third-order valence-electron chi connectivity index (χ3n) is 4.35. The second-order valence-electron chi connectivity index (χ2n) is 7.09. The normalized spacial score (nSPS) is 20.0. The van der Waals surface area contributed by atoms with Crippen molar-refractivity contribution in [3.8, 4) is 0 Å². The Morgan fingerprint density at radius 1 is 1.30 bits per heavy atom. The number of carbonyl (C=O) groups is 1. The lowest BCUT2D eigenvalue weighted by molar-refractivity contribution is -0.121. The lowest BCUT2D eigenvalue weighted by Gasteiger charge is -2.22. The molecule has 0 bridgehead atoms. The van der Waals surface area contributed by atoms with Gasteiger partial charge >= 0.3 is 0 Å². The smallest absolute Gasteiger partial charge is 0.222 e. The maximum absolute atomic E-state index is 11.8. The number of rotatable bonds is 8. The molecule has 0 aliphatic carbocycles. The van der Waals surface area contributed by atoms with Crippen LogP contribution in [0.2, 0.25) is 0 Å². The van der Waals surface area contributed by atoms with Crippen LogP contribution >= 0.6 is 0 Å². The molecule has 0 spiro atoms. The average Bonchev–Trinajstić information content (AvgIpc) is 2.93. The van der Waals surface area contributed by atoms with Gasteiger partial charge in [-0.2, -0.15) is 0 Å². The summed E-state index contributed by atoms with van der Waals surface area (Å²) in [4.78, 5) is 18.8. The topological polar surface area (TPSA) is 56.7 Å². The van der Waals surface area contributed by atoms with Crippen molar-refractivity contribution >= 4 is 11.9 Å². The summed E-state index contributed by atoms with van der Waals surface area (Å²) in [5, 5.41) is 6.36. The molecule has 1 aliphatic heterocycles. The van der Waals surface area contributed by atoms with Gasteiger partial charge in [0.1, 0.15) is 0 Å². The standard InChI is InChI=1S/C18H36N4O/c1-6-15(5)21-17(23)8-10-20-18(19-7-2)22-11-9-16(13-22)12-14(3)4/h14-16H,6-13H2,1-5H3,(H,19,20)(H,21,23). The predicted octanol–water partition coefficient (Wildman–Crippen LogP) is 2.62. The van der Waals surface area contributed by atoms with E-state index in [-0.39, 0.29) is 11.9 Å². The van der Waals surface area contributed by atoms with Crippen LogP contribution in [0.4, 0.5) is 0 Å². The van der Waals surface area contributed by atoms with Gasteiger partial charge in [-0.15, -0.1) is 0 Å². The highest BCUT2D eigenvalue weighted by Crippen LogP contribution is 2.23. The number of amides is 1. The molecule has 0 saturated carbocycles. The van der Waals surface area contributed by atoms with Crippen molar-refractivity contribution in [3.05, 3.63) is 0 Å². The Bertz CT molecular complexity index is 381. The van der Waals surface area contributed by atoms with Crippen molar-refractivity contribution in [2.45, 2.75) is 66.3 Å².